The maximum absolute atomic E-state index is 4.00. The molecule has 0 saturated heterocycles. The van der Waals surface area contributed by atoms with Crippen LogP contribution in [0.15, 0.2) is 24.3 Å². The Morgan fingerprint density at radius 1 is 1.31 bits per heavy atom. The average molecular weight is 197 g/mol. The first-order valence-corrected chi connectivity index (χ1v) is 8.51. The van der Waals surface area contributed by atoms with Gasteiger partial charge in [0.2, 0.25) is 0 Å². The van der Waals surface area contributed by atoms with E-state index in [2.05, 4.69) is 57.4 Å². The summed E-state index contributed by atoms with van der Waals surface area (Å²) in [5.41, 5.74) is 1.20. The predicted octanol–water partition coefficient (Wildman–Crippen LogP) is 3.00. The quantitative estimate of drug-likeness (QED) is 0.484. The van der Waals surface area contributed by atoms with Gasteiger partial charge in [-0.15, -0.1) is 0 Å². The largest absolute Gasteiger partial charge is 0.305 e. The Bertz CT molecular complexity index is 187. The molecule has 0 rings (SSSR count). The lowest BCUT2D eigenvalue weighted by Gasteiger charge is -2.12. The summed E-state index contributed by atoms with van der Waals surface area (Å²) in [6.07, 6.45) is 4.44. The van der Waals surface area contributed by atoms with Crippen LogP contribution in [0.5, 0.6) is 0 Å². The lowest BCUT2D eigenvalue weighted by atomic mass is 10.3. The van der Waals surface area contributed by atoms with E-state index < -0.39 is 8.07 Å². The summed E-state index contributed by atoms with van der Waals surface area (Å²) in [5, 5.41) is 0. The van der Waals surface area contributed by atoms with E-state index in [0.29, 0.717) is 0 Å². The van der Waals surface area contributed by atoms with Crippen molar-refractivity contribution in [1.29, 1.82) is 0 Å². The minimum absolute atomic E-state index is 0.906. The standard InChI is InChI=1S/C11H23NSi/c1-11(10-12(2)3)8-7-9-13(4,5)6/h7-8H,1,9-10H2,2-6H3/b8-7+. The van der Waals surface area contributed by atoms with E-state index in [1.165, 1.54) is 11.6 Å². The molecule has 0 atom stereocenters. The predicted molar refractivity (Wildman–Crippen MR) is 65.0 cm³/mol. The topological polar surface area (TPSA) is 3.24 Å². The fourth-order valence-electron chi connectivity index (χ4n) is 1.04. The molecular formula is C11H23NSi. The van der Waals surface area contributed by atoms with Gasteiger partial charge in [0.25, 0.3) is 0 Å². The van der Waals surface area contributed by atoms with Gasteiger partial charge < -0.3 is 4.90 Å². The van der Waals surface area contributed by atoms with E-state index in [-0.39, 0.29) is 0 Å². The molecule has 0 aliphatic carbocycles. The Balaban J connectivity index is 3.79. The number of likely N-dealkylation sites (N-methyl/N-ethyl adjacent to an activating group) is 1. The van der Waals surface area contributed by atoms with Gasteiger partial charge in [-0.2, -0.15) is 0 Å². The molecule has 0 N–H and O–H groups in total. The number of nitrogens with zero attached hydrogens (tertiary/aromatic N) is 1. The Hall–Kier alpha value is -0.343. The van der Waals surface area contributed by atoms with Crippen molar-refractivity contribution in [3.63, 3.8) is 0 Å². The van der Waals surface area contributed by atoms with Crippen LogP contribution in [0.1, 0.15) is 0 Å². The molecule has 0 fully saturated rings. The fraction of sp³-hybridized carbons (Fsp3) is 0.636. The van der Waals surface area contributed by atoms with Crippen LogP contribution >= 0.6 is 0 Å². The molecule has 0 spiro atoms. The monoisotopic (exact) mass is 197 g/mol. The van der Waals surface area contributed by atoms with Gasteiger partial charge in [0.05, 0.1) is 0 Å². The summed E-state index contributed by atoms with van der Waals surface area (Å²) in [4.78, 5) is 2.14. The van der Waals surface area contributed by atoms with E-state index in [4.69, 9.17) is 0 Å². The molecule has 0 aliphatic rings. The first-order valence-electron chi connectivity index (χ1n) is 4.80. The molecule has 0 unspecified atom stereocenters. The van der Waals surface area contributed by atoms with E-state index in [9.17, 15) is 0 Å². The van der Waals surface area contributed by atoms with Gasteiger partial charge in [0, 0.05) is 14.6 Å². The second-order valence-electron chi connectivity index (χ2n) is 5.06. The van der Waals surface area contributed by atoms with Gasteiger partial charge in [-0.3, -0.25) is 0 Å². The smallest absolute Gasteiger partial charge is 0.0480 e. The van der Waals surface area contributed by atoms with Crippen molar-refractivity contribution < 1.29 is 0 Å². The van der Waals surface area contributed by atoms with Crippen LogP contribution in [-0.4, -0.2) is 33.6 Å². The molecule has 0 aliphatic heterocycles. The van der Waals surface area contributed by atoms with Crippen molar-refractivity contribution in [3.05, 3.63) is 24.3 Å². The third-order valence-electron chi connectivity index (χ3n) is 1.60. The summed E-state index contributed by atoms with van der Waals surface area (Å²) >= 11 is 0. The lowest BCUT2D eigenvalue weighted by molar-refractivity contribution is 0.449. The Morgan fingerprint density at radius 2 is 1.85 bits per heavy atom. The minimum Gasteiger partial charge on any atom is -0.305 e. The van der Waals surface area contributed by atoms with Crippen molar-refractivity contribution in [2.45, 2.75) is 25.7 Å². The first-order chi connectivity index (χ1) is 5.81. The molecular weight excluding hydrogens is 174 g/mol. The first kappa shape index (κ1) is 12.7. The maximum Gasteiger partial charge on any atom is 0.0480 e. The van der Waals surface area contributed by atoms with Crippen LogP contribution in [-0.2, 0) is 0 Å². The van der Waals surface area contributed by atoms with Gasteiger partial charge in [-0.25, -0.2) is 0 Å². The van der Waals surface area contributed by atoms with Crippen LogP contribution in [0.25, 0.3) is 0 Å². The lowest BCUT2D eigenvalue weighted by Crippen LogP contribution is -2.17. The highest BCUT2D eigenvalue weighted by Crippen LogP contribution is 2.09. The average Bonchev–Trinajstić information content (AvgIpc) is 1.81. The van der Waals surface area contributed by atoms with Gasteiger partial charge in [0.1, 0.15) is 0 Å². The van der Waals surface area contributed by atoms with Gasteiger partial charge in [-0.05, 0) is 25.7 Å². The van der Waals surface area contributed by atoms with Crippen LogP contribution in [0, 0.1) is 0 Å². The van der Waals surface area contributed by atoms with Crippen molar-refractivity contribution in [1.82, 2.24) is 4.90 Å². The molecule has 76 valence electrons. The summed E-state index contributed by atoms with van der Waals surface area (Å²) in [6, 6.07) is 1.25. The normalized spacial score (nSPS) is 12.8. The van der Waals surface area contributed by atoms with Gasteiger partial charge >= 0.3 is 0 Å². The Kier molecular flexibility index (Phi) is 5.26. The van der Waals surface area contributed by atoms with Gasteiger partial charge in [0.15, 0.2) is 0 Å². The zero-order valence-corrected chi connectivity index (χ0v) is 10.7. The molecule has 0 aromatic carbocycles. The fourth-order valence-corrected chi connectivity index (χ4v) is 1.86. The SMILES string of the molecule is C=C(/C=C/C[Si](C)(C)C)CN(C)C. The van der Waals surface area contributed by atoms with Crippen molar-refractivity contribution in [2.24, 2.45) is 0 Å². The number of hydrogen-bond acceptors (Lipinski definition) is 1. The second-order valence-corrected chi connectivity index (χ2v) is 10.6. The van der Waals surface area contributed by atoms with Gasteiger partial charge in [-0.1, -0.05) is 38.4 Å². The van der Waals surface area contributed by atoms with Crippen LogP contribution in [0.4, 0.5) is 0 Å². The molecule has 0 bridgehead atoms. The molecule has 0 aromatic heterocycles. The minimum atomic E-state index is -0.906. The third kappa shape index (κ3) is 9.57. The van der Waals surface area contributed by atoms with Crippen molar-refractivity contribution in [2.75, 3.05) is 20.6 Å². The maximum atomic E-state index is 4.00. The molecule has 2 heteroatoms. The summed E-state index contributed by atoms with van der Waals surface area (Å²) in [5.74, 6) is 0. The molecule has 0 aromatic rings. The van der Waals surface area contributed by atoms with Crippen molar-refractivity contribution >= 4 is 8.07 Å². The van der Waals surface area contributed by atoms with E-state index >= 15 is 0 Å². The van der Waals surface area contributed by atoms with Crippen LogP contribution in [0.3, 0.4) is 0 Å². The second kappa shape index (κ2) is 5.40. The van der Waals surface area contributed by atoms with Crippen LogP contribution < -0.4 is 0 Å². The Morgan fingerprint density at radius 3 is 2.23 bits per heavy atom. The van der Waals surface area contributed by atoms with E-state index in [1.54, 1.807) is 0 Å². The molecule has 0 radical (unpaired) electrons. The number of allylic oxidation sites excluding steroid dienone is 1. The zero-order chi connectivity index (χ0) is 10.5. The van der Waals surface area contributed by atoms with E-state index in [1.807, 2.05) is 0 Å². The van der Waals surface area contributed by atoms with Crippen LogP contribution in [0.2, 0.25) is 25.7 Å². The van der Waals surface area contributed by atoms with E-state index in [0.717, 1.165) is 6.54 Å². The molecule has 0 amide bonds. The highest BCUT2D eigenvalue weighted by Gasteiger charge is 2.09. The summed E-state index contributed by atoms with van der Waals surface area (Å²) in [6.45, 7) is 12.1. The molecule has 0 heterocycles. The molecule has 13 heavy (non-hydrogen) atoms. The zero-order valence-electron chi connectivity index (χ0n) is 9.72. The van der Waals surface area contributed by atoms with Crippen molar-refractivity contribution in [3.8, 4) is 0 Å². The Labute approximate surface area is 84.2 Å². The number of hydrogen-bond donors (Lipinski definition) is 0. The highest BCUT2D eigenvalue weighted by molar-refractivity contribution is 6.76. The third-order valence-corrected chi connectivity index (χ3v) is 3.06. The number of rotatable bonds is 5. The molecule has 1 nitrogen and oxygen atoms in total. The molecule has 0 saturated carbocycles. The summed E-state index contributed by atoms with van der Waals surface area (Å²) < 4.78 is 0. The highest BCUT2D eigenvalue weighted by atomic mass is 28.3. The summed E-state index contributed by atoms with van der Waals surface area (Å²) in [7, 11) is 3.23.